The van der Waals surface area contributed by atoms with Crippen LogP contribution in [0, 0.1) is 6.92 Å². The third-order valence-electron chi connectivity index (χ3n) is 5.18. The molecule has 4 aromatic rings. The Morgan fingerprint density at radius 3 is 2.74 bits per heavy atom. The number of carbonyl (C=O) groups is 1. The zero-order chi connectivity index (χ0) is 21.7. The van der Waals surface area contributed by atoms with Gasteiger partial charge in [0.25, 0.3) is 5.91 Å². The zero-order valence-corrected chi connectivity index (χ0v) is 18.3. The van der Waals surface area contributed by atoms with Crippen LogP contribution in [0.1, 0.15) is 40.4 Å². The smallest absolute Gasteiger partial charge is 0.296 e. The maximum atomic E-state index is 13.6. The first-order chi connectivity index (χ1) is 15.0. The molecule has 0 aliphatic carbocycles. The highest BCUT2D eigenvalue weighted by molar-refractivity contribution is 9.10. The number of ether oxygens (including phenoxy) is 1. The normalized spacial score (nSPS) is 15.5. The number of hydrogen-bond donors (Lipinski definition) is 0. The van der Waals surface area contributed by atoms with E-state index in [0.29, 0.717) is 40.5 Å². The molecule has 8 heteroatoms. The number of amides is 1. The van der Waals surface area contributed by atoms with Crippen LogP contribution in [0.25, 0.3) is 11.0 Å². The molecule has 2 aromatic carbocycles. The predicted octanol–water partition coefficient (Wildman–Crippen LogP) is 5.00. The van der Waals surface area contributed by atoms with Gasteiger partial charge >= 0.3 is 0 Å². The quantitative estimate of drug-likeness (QED) is 0.408. The van der Waals surface area contributed by atoms with Crippen LogP contribution in [0.3, 0.4) is 0 Å². The largest absolute Gasteiger partial charge is 0.494 e. The van der Waals surface area contributed by atoms with Gasteiger partial charge in [-0.25, -0.2) is 0 Å². The minimum atomic E-state index is -0.730. The van der Waals surface area contributed by atoms with E-state index < -0.39 is 11.9 Å². The van der Waals surface area contributed by atoms with Crippen molar-refractivity contribution in [2.45, 2.75) is 19.9 Å². The topological polar surface area (TPSA) is 85.8 Å². The molecular weight excluding hydrogens is 464 g/mol. The Kier molecular flexibility index (Phi) is 4.66. The van der Waals surface area contributed by atoms with Crippen LogP contribution in [-0.2, 0) is 0 Å². The molecular formula is C23H17BrN2O5. The number of nitrogens with zero attached hydrogens (tertiary/aromatic N) is 2. The maximum Gasteiger partial charge on any atom is 0.296 e. The minimum absolute atomic E-state index is 0.00675. The molecule has 0 fully saturated rings. The Balaban J connectivity index is 1.80. The molecule has 1 aliphatic heterocycles. The highest BCUT2D eigenvalue weighted by Crippen LogP contribution is 2.41. The van der Waals surface area contributed by atoms with Gasteiger partial charge in [0, 0.05) is 10.5 Å². The Bertz CT molecular complexity index is 1390. The van der Waals surface area contributed by atoms with Crippen molar-refractivity contribution in [2.75, 3.05) is 11.5 Å². The van der Waals surface area contributed by atoms with Crippen LogP contribution in [-0.4, -0.2) is 17.7 Å². The van der Waals surface area contributed by atoms with Crippen molar-refractivity contribution in [3.05, 3.63) is 85.9 Å². The highest BCUT2D eigenvalue weighted by Gasteiger charge is 2.45. The second kappa shape index (κ2) is 7.39. The molecule has 0 radical (unpaired) electrons. The number of hydrogen-bond acceptors (Lipinski definition) is 6. The number of fused-ring (bicyclic) bond motifs is 2. The van der Waals surface area contributed by atoms with Crippen LogP contribution in [0.15, 0.2) is 66.7 Å². The van der Waals surface area contributed by atoms with Crippen molar-refractivity contribution < 1.29 is 18.5 Å². The van der Waals surface area contributed by atoms with Crippen LogP contribution >= 0.6 is 15.9 Å². The first-order valence-electron chi connectivity index (χ1n) is 9.74. The molecule has 5 rings (SSSR count). The standard InChI is InChI=1S/C23H17BrN2O5/c1-3-29-15-6-4-5-13(10-15)20-19-21(27)16-11-14(24)7-8-17(16)30-22(19)23(28)26(20)18-9-12(2)31-25-18/h4-11,20H,3H2,1-2H3. The fourth-order valence-electron chi connectivity index (χ4n) is 3.90. The SMILES string of the molecule is CCOc1cccc(C2c3c(oc4ccc(Br)cc4c3=O)C(=O)N2c2cc(C)on2)c1. The molecule has 1 unspecified atom stereocenters. The van der Waals surface area contributed by atoms with Crippen molar-refractivity contribution in [2.24, 2.45) is 0 Å². The van der Waals surface area contributed by atoms with E-state index >= 15 is 0 Å². The zero-order valence-electron chi connectivity index (χ0n) is 16.7. The Morgan fingerprint density at radius 1 is 1.16 bits per heavy atom. The lowest BCUT2D eigenvalue weighted by molar-refractivity contribution is 0.0969. The van der Waals surface area contributed by atoms with Crippen LogP contribution in [0.2, 0.25) is 0 Å². The van der Waals surface area contributed by atoms with Gasteiger partial charge in [-0.05, 0) is 49.7 Å². The van der Waals surface area contributed by atoms with E-state index in [2.05, 4.69) is 21.1 Å². The molecule has 0 saturated carbocycles. The van der Waals surface area contributed by atoms with Gasteiger partial charge in [0.1, 0.15) is 17.1 Å². The van der Waals surface area contributed by atoms with Crippen LogP contribution in [0.4, 0.5) is 5.82 Å². The fourth-order valence-corrected chi connectivity index (χ4v) is 4.27. The number of rotatable bonds is 4. The summed E-state index contributed by atoms with van der Waals surface area (Å²) in [5.74, 6) is 1.06. The highest BCUT2D eigenvalue weighted by atomic mass is 79.9. The summed E-state index contributed by atoms with van der Waals surface area (Å²) in [5.41, 5.74) is 1.06. The number of aromatic nitrogens is 1. The van der Waals surface area contributed by atoms with E-state index in [1.807, 2.05) is 31.2 Å². The number of aryl methyl sites for hydroxylation is 1. The molecule has 7 nitrogen and oxygen atoms in total. The van der Waals surface area contributed by atoms with Gasteiger partial charge < -0.3 is 13.7 Å². The molecule has 0 spiro atoms. The molecule has 156 valence electrons. The molecule has 0 saturated heterocycles. The molecule has 1 amide bonds. The van der Waals surface area contributed by atoms with Crippen molar-refractivity contribution >= 4 is 38.6 Å². The summed E-state index contributed by atoms with van der Waals surface area (Å²) in [6.45, 7) is 4.13. The lowest BCUT2D eigenvalue weighted by Crippen LogP contribution is -2.29. The molecule has 1 atom stereocenters. The maximum absolute atomic E-state index is 13.6. The van der Waals surface area contributed by atoms with Crippen molar-refractivity contribution in [1.82, 2.24) is 5.16 Å². The van der Waals surface area contributed by atoms with E-state index in [1.54, 1.807) is 31.2 Å². The third-order valence-corrected chi connectivity index (χ3v) is 5.67. The monoisotopic (exact) mass is 480 g/mol. The van der Waals surface area contributed by atoms with Crippen molar-refractivity contribution in [3.63, 3.8) is 0 Å². The Morgan fingerprint density at radius 2 is 2.00 bits per heavy atom. The molecule has 1 aliphatic rings. The molecule has 3 heterocycles. The first kappa shape index (κ1) is 19.6. The van der Waals surface area contributed by atoms with Crippen LogP contribution in [0.5, 0.6) is 5.75 Å². The summed E-state index contributed by atoms with van der Waals surface area (Å²) in [6.07, 6.45) is 0. The number of anilines is 1. The van der Waals surface area contributed by atoms with E-state index in [9.17, 15) is 9.59 Å². The van der Waals surface area contributed by atoms with E-state index in [0.717, 1.165) is 4.47 Å². The van der Waals surface area contributed by atoms with E-state index in [4.69, 9.17) is 13.7 Å². The van der Waals surface area contributed by atoms with Gasteiger partial charge in [0.2, 0.25) is 5.76 Å². The van der Waals surface area contributed by atoms with Crippen LogP contribution < -0.4 is 15.1 Å². The van der Waals surface area contributed by atoms with Gasteiger partial charge in [0.15, 0.2) is 11.2 Å². The van der Waals surface area contributed by atoms with Gasteiger partial charge in [-0.15, -0.1) is 0 Å². The summed E-state index contributed by atoms with van der Waals surface area (Å²) in [6, 6.07) is 13.4. The predicted molar refractivity (Wildman–Crippen MR) is 118 cm³/mol. The fraction of sp³-hybridized carbons (Fsp3) is 0.174. The number of carbonyl (C=O) groups excluding carboxylic acids is 1. The van der Waals surface area contributed by atoms with Crippen molar-refractivity contribution in [1.29, 1.82) is 0 Å². The lowest BCUT2D eigenvalue weighted by atomic mass is 9.98. The average molecular weight is 481 g/mol. The van der Waals surface area contributed by atoms with Gasteiger partial charge in [-0.3, -0.25) is 14.5 Å². The third kappa shape index (κ3) is 3.14. The van der Waals surface area contributed by atoms with Gasteiger partial charge in [-0.2, -0.15) is 0 Å². The van der Waals surface area contributed by atoms with Gasteiger partial charge in [0.05, 0.1) is 23.6 Å². The molecule has 2 aromatic heterocycles. The number of halogens is 1. The molecule has 0 bridgehead atoms. The Labute approximate surface area is 185 Å². The van der Waals surface area contributed by atoms with Gasteiger partial charge in [-0.1, -0.05) is 33.2 Å². The second-order valence-corrected chi connectivity index (χ2v) is 8.11. The molecule has 31 heavy (non-hydrogen) atoms. The summed E-state index contributed by atoms with van der Waals surface area (Å²) >= 11 is 3.40. The number of benzene rings is 2. The first-order valence-corrected chi connectivity index (χ1v) is 10.5. The van der Waals surface area contributed by atoms with Crippen molar-refractivity contribution in [3.8, 4) is 5.75 Å². The second-order valence-electron chi connectivity index (χ2n) is 7.19. The lowest BCUT2D eigenvalue weighted by Gasteiger charge is -2.22. The summed E-state index contributed by atoms with van der Waals surface area (Å²) in [7, 11) is 0. The van der Waals surface area contributed by atoms with E-state index in [1.165, 1.54) is 4.90 Å². The minimum Gasteiger partial charge on any atom is -0.494 e. The summed E-state index contributed by atoms with van der Waals surface area (Å²) in [4.78, 5) is 28.4. The summed E-state index contributed by atoms with van der Waals surface area (Å²) < 4.78 is 17.5. The Hall–Kier alpha value is -3.39. The molecule has 0 N–H and O–H groups in total. The summed E-state index contributed by atoms with van der Waals surface area (Å²) in [5, 5.41) is 4.42. The average Bonchev–Trinajstić information content (AvgIpc) is 3.30. The van der Waals surface area contributed by atoms with E-state index in [-0.39, 0.29) is 16.8 Å².